The normalized spacial score (nSPS) is 12.6. The van der Waals surface area contributed by atoms with Gasteiger partial charge in [0.1, 0.15) is 5.69 Å². The molecule has 0 aromatic carbocycles. The molecule has 2 heterocycles. The summed E-state index contributed by atoms with van der Waals surface area (Å²) in [6.45, 7) is 4.19. The molecule has 17 heavy (non-hydrogen) atoms. The fraction of sp³-hybridized carbons (Fsp3) is 0.333. The maximum atomic E-state index is 9.62. The van der Waals surface area contributed by atoms with E-state index in [9.17, 15) is 5.11 Å². The van der Waals surface area contributed by atoms with Gasteiger partial charge in [0, 0.05) is 12.3 Å². The lowest BCUT2D eigenvalue weighted by Gasteiger charge is -2.06. The summed E-state index contributed by atoms with van der Waals surface area (Å²) in [4.78, 5) is 4.36. The van der Waals surface area contributed by atoms with Crippen molar-refractivity contribution in [2.45, 2.75) is 20.1 Å². The van der Waals surface area contributed by atoms with Crippen molar-refractivity contribution in [3.8, 4) is 11.4 Å². The molecule has 2 aromatic rings. The maximum absolute atomic E-state index is 9.62. The summed E-state index contributed by atoms with van der Waals surface area (Å²) in [5.41, 5.74) is 2.93. The van der Waals surface area contributed by atoms with E-state index in [1.807, 2.05) is 32.0 Å². The second-order valence-electron chi connectivity index (χ2n) is 3.68. The van der Waals surface area contributed by atoms with Crippen molar-refractivity contribution in [1.29, 1.82) is 0 Å². The van der Waals surface area contributed by atoms with E-state index < -0.39 is 6.29 Å². The summed E-state index contributed by atoms with van der Waals surface area (Å²) in [6, 6.07) is 7.46. The Kier molecular flexibility index (Phi) is 3.51. The predicted molar refractivity (Wildman–Crippen MR) is 63.1 cm³/mol. The van der Waals surface area contributed by atoms with Crippen molar-refractivity contribution in [3.05, 3.63) is 35.7 Å². The molecule has 0 aliphatic heterocycles. The number of hydrogen-bond acceptors (Lipinski definition) is 4. The zero-order valence-corrected chi connectivity index (χ0v) is 9.84. The Balaban J connectivity index is 2.23. The monoisotopic (exact) mass is 233 g/mol. The molecule has 0 amide bonds. The highest BCUT2D eigenvalue weighted by Gasteiger charge is 2.12. The van der Waals surface area contributed by atoms with Gasteiger partial charge in [-0.15, -0.1) is 0 Å². The third-order valence-corrected chi connectivity index (χ3v) is 2.34. The molecule has 0 radical (unpaired) electrons. The number of ether oxygens (including phenoxy) is 1. The second kappa shape index (κ2) is 5.07. The largest absolute Gasteiger partial charge is 0.363 e. The highest BCUT2D eigenvalue weighted by atomic mass is 16.6. The molecule has 1 unspecified atom stereocenters. The number of aliphatic hydroxyl groups excluding tert-OH is 1. The van der Waals surface area contributed by atoms with E-state index in [1.54, 1.807) is 6.07 Å². The van der Waals surface area contributed by atoms with Crippen LogP contribution in [-0.2, 0) is 4.74 Å². The molecule has 2 rings (SSSR count). The fourth-order valence-corrected chi connectivity index (χ4v) is 1.53. The van der Waals surface area contributed by atoms with E-state index in [0.29, 0.717) is 18.0 Å². The molecule has 5 heteroatoms. The number of hydrogen-bond donors (Lipinski definition) is 2. The molecule has 90 valence electrons. The SMILES string of the molecule is CCOC(O)c1cc(-c2cccc(C)n2)n[nH]1. The Hall–Kier alpha value is -1.72. The van der Waals surface area contributed by atoms with Crippen LogP contribution in [0, 0.1) is 6.92 Å². The van der Waals surface area contributed by atoms with Gasteiger partial charge in [-0.1, -0.05) is 6.07 Å². The van der Waals surface area contributed by atoms with Crippen molar-refractivity contribution in [3.63, 3.8) is 0 Å². The van der Waals surface area contributed by atoms with Crippen molar-refractivity contribution >= 4 is 0 Å². The van der Waals surface area contributed by atoms with E-state index in [2.05, 4.69) is 15.2 Å². The van der Waals surface area contributed by atoms with Crippen LogP contribution in [0.1, 0.15) is 24.6 Å². The minimum atomic E-state index is -0.967. The van der Waals surface area contributed by atoms with Crippen LogP contribution >= 0.6 is 0 Å². The first-order valence-electron chi connectivity index (χ1n) is 5.49. The number of rotatable bonds is 4. The molecule has 2 N–H and O–H groups in total. The molecule has 0 spiro atoms. The highest BCUT2D eigenvalue weighted by Crippen LogP contribution is 2.19. The van der Waals surface area contributed by atoms with E-state index >= 15 is 0 Å². The Morgan fingerprint density at radius 1 is 1.41 bits per heavy atom. The van der Waals surface area contributed by atoms with Crippen LogP contribution in [0.4, 0.5) is 0 Å². The lowest BCUT2D eigenvalue weighted by molar-refractivity contribution is -0.101. The van der Waals surface area contributed by atoms with Crippen LogP contribution in [0.5, 0.6) is 0 Å². The topological polar surface area (TPSA) is 71.0 Å². The summed E-state index contributed by atoms with van der Waals surface area (Å²) in [5.74, 6) is 0. The summed E-state index contributed by atoms with van der Waals surface area (Å²) in [6.07, 6.45) is -0.967. The highest BCUT2D eigenvalue weighted by molar-refractivity contribution is 5.54. The standard InChI is InChI=1S/C12H15N3O2/c1-3-17-12(16)11-7-10(14-15-11)9-6-4-5-8(2)13-9/h4-7,12,16H,3H2,1-2H3,(H,14,15). The van der Waals surface area contributed by atoms with Gasteiger partial charge in [-0.3, -0.25) is 10.1 Å². The van der Waals surface area contributed by atoms with Crippen LogP contribution in [-0.4, -0.2) is 26.9 Å². The number of aliphatic hydroxyl groups is 1. The van der Waals surface area contributed by atoms with Crippen LogP contribution in [0.2, 0.25) is 0 Å². The molecular weight excluding hydrogens is 218 g/mol. The van der Waals surface area contributed by atoms with Gasteiger partial charge >= 0.3 is 0 Å². The van der Waals surface area contributed by atoms with Gasteiger partial charge in [0.25, 0.3) is 0 Å². The molecular formula is C12H15N3O2. The van der Waals surface area contributed by atoms with E-state index in [0.717, 1.165) is 11.4 Å². The summed E-state index contributed by atoms with van der Waals surface area (Å²) >= 11 is 0. The van der Waals surface area contributed by atoms with Gasteiger partial charge in [0.2, 0.25) is 0 Å². The number of aryl methyl sites for hydroxylation is 1. The van der Waals surface area contributed by atoms with Crippen LogP contribution < -0.4 is 0 Å². The molecule has 0 saturated heterocycles. The molecule has 5 nitrogen and oxygen atoms in total. The Bertz CT molecular complexity index is 496. The van der Waals surface area contributed by atoms with Gasteiger partial charge in [0.15, 0.2) is 6.29 Å². The van der Waals surface area contributed by atoms with Crippen LogP contribution in [0.3, 0.4) is 0 Å². The Morgan fingerprint density at radius 2 is 2.24 bits per heavy atom. The lowest BCUT2D eigenvalue weighted by Crippen LogP contribution is -2.02. The third kappa shape index (κ3) is 2.69. The smallest absolute Gasteiger partial charge is 0.198 e. The molecule has 2 aromatic heterocycles. The van der Waals surface area contributed by atoms with Gasteiger partial charge in [-0.25, -0.2) is 0 Å². The summed E-state index contributed by atoms with van der Waals surface area (Å²) < 4.78 is 5.06. The maximum Gasteiger partial charge on any atom is 0.198 e. The number of aromatic nitrogens is 3. The first-order chi connectivity index (χ1) is 8.20. The Labute approximate surface area is 99.5 Å². The first-order valence-corrected chi connectivity index (χ1v) is 5.49. The van der Waals surface area contributed by atoms with E-state index in [-0.39, 0.29) is 0 Å². The quantitative estimate of drug-likeness (QED) is 0.790. The number of aromatic amines is 1. The molecule has 0 bridgehead atoms. The van der Waals surface area contributed by atoms with Crippen molar-refractivity contribution in [2.75, 3.05) is 6.61 Å². The number of H-pyrrole nitrogens is 1. The minimum Gasteiger partial charge on any atom is -0.363 e. The summed E-state index contributed by atoms with van der Waals surface area (Å²) in [5, 5.41) is 16.5. The minimum absolute atomic E-state index is 0.443. The molecule has 0 aliphatic carbocycles. The predicted octanol–water partition coefficient (Wildman–Crippen LogP) is 1.81. The van der Waals surface area contributed by atoms with Gasteiger partial charge in [-0.2, -0.15) is 5.10 Å². The average molecular weight is 233 g/mol. The second-order valence-corrected chi connectivity index (χ2v) is 3.68. The van der Waals surface area contributed by atoms with Crippen molar-refractivity contribution in [1.82, 2.24) is 15.2 Å². The van der Waals surface area contributed by atoms with E-state index in [1.165, 1.54) is 0 Å². The lowest BCUT2D eigenvalue weighted by atomic mass is 10.2. The number of pyridine rings is 1. The van der Waals surface area contributed by atoms with Gasteiger partial charge in [0.05, 0.1) is 11.4 Å². The number of nitrogens with one attached hydrogen (secondary N) is 1. The van der Waals surface area contributed by atoms with Gasteiger partial charge in [-0.05, 0) is 32.0 Å². The van der Waals surface area contributed by atoms with Crippen molar-refractivity contribution < 1.29 is 9.84 Å². The molecule has 0 aliphatic rings. The first kappa shape index (κ1) is 11.8. The van der Waals surface area contributed by atoms with E-state index in [4.69, 9.17) is 4.74 Å². The third-order valence-electron chi connectivity index (χ3n) is 2.34. The van der Waals surface area contributed by atoms with Crippen LogP contribution in [0.25, 0.3) is 11.4 Å². The molecule has 1 atom stereocenters. The summed E-state index contributed by atoms with van der Waals surface area (Å²) in [7, 11) is 0. The fourth-order valence-electron chi connectivity index (χ4n) is 1.53. The zero-order valence-electron chi connectivity index (χ0n) is 9.84. The molecule has 0 fully saturated rings. The van der Waals surface area contributed by atoms with Gasteiger partial charge < -0.3 is 9.84 Å². The van der Waals surface area contributed by atoms with Crippen LogP contribution in [0.15, 0.2) is 24.3 Å². The average Bonchev–Trinajstić information content (AvgIpc) is 2.78. The number of nitrogens with zero attached hydrogens (tertiary/aromatic N) is 2. The Morgan fingerprint density at radius 3 is 2.94 bits per heavy atom. The zero-order chi connectivity index (χ0) is 12.3. The van der Waals surface area contributed by atoms with Crippen molar-refractivity contribution in [2.24, 2.45) is 0 Å². The molecule has 0 saturated carbocycles.